The molecule has 0 aliphatic heterocycles. The number of ketones is 1. The minimum absolute atomic E-state index is 0.0240. The smallest absolute Gasteiger partial charge is 0.221 e. The maximum atomic E-state index is 12.1. The van der Waals surface area contributed by atoms with Gasteiger partial charge < -0.3 is 10.6 Å². The molecular weight excluding hydrogens is 228 g/mol. The van der Waals surface area contributed by atoms with Crippen molar-refractivity contribution in [1.29, 1.82) is 0 Å². The number of benzene rings is 1. The Kier molecular flexibility index (Phi) is 5.04. The molecule has 0 heterocycles. The van der Waals surface area contributed by atoms with Crippen molar-refractivity contribution in [2.24, 2.45) is 0 Å². The van der Waals surface area contributed by atoms with Crippen LogP contribution in [0.4, 0.5) is 5.69 Å². The highest BCUT2D eigenvalue weighted by Gasteiger charge is 2.15. The van der Waals surface area contributed by atoms with E-state index in [0.29, 0.717) is 11.3 Å². The van der Waals surface area contributed by atoms with Crippen LogP contribution in [0.3, 0.4) is 0 Å². The van der Waals surface area contributed by atoms with Crippen LogP contribution in [-0.2, 0) is 4.79 Å². The first-order valence-corrected chi connectivity index (χ1v) is 6.08. The second kappa shape index (κ2) is 6.31. The van der Waals surface area contributed by atoms with Crippen LogP contribution in [0.25, 0.3) is 0 Å². The Morgan fingerprint density at radius 2 is 1.83 bits per heavy atom. The van der Waals surface area contributed by atoms with E-state index in [0.717, 1.165) is 0 Å². The van der Waals surface area contributed by atoms with Gasteiger partial charge in [-0.2, -0.15) is 0 Å². The van der Waals surface area contributed by atoms with E-state index in [1.54, 1.807) is 24.3 Å². The first kappa shape index (κ1) is 14.4. The Morgan fingerprint density at radius 3 is 2.39 bits per heavy atom. The van der Waals surface area contributed by atoms with Gasteiger partial charge in [0.05, 0.1) is 6.04 Å². The normalized spacial score (nSPS) is 12.3. The third-order valence-electron chi connectivity index (χ3n) is 2.44. The highest BCUT2D eigenvalue weighted by atomic mass is 16.1. The van der Waals surface area contributed by atoms with E-state index < -0.39 is 0 Å². The van der Waals surface area contributed by atoms with E-state index in [-0.39, 0.29) is 23.8 Å². The largest absolute Gasteiger partial charge is 0.326 e. The second-order valence-electron chi connectivity index (χ2n) is 4.67. The molecule has 0 aliphatic rings. The van der Waals surface area contributed by atoms with E-state index in [1.807, 2.05) is 20.8 Å². The summed E-state index contributed by atoms with van der Waals surface area (Å²) in [5.41, 5.74) is 1.24. The predicted molar refractivity (Wildman–Crippen MR) is 72.8 cm³/mol. The summed E-state index contributed by atoms with van der Waals surface area (Å²) >= 11 is 0. The highest BCUT2D eigenvalue weighted by Crippen LogP contribution is 2.12. The van der Waals surface area contributed by atoms with Gasteiger partial charge in [0.25, 0.3) is 0 Å². The van der Waals surface area contributed by atoms with Gasteiger partial charge in [0.2, 0.25) is 5.91 Å². The molecule has 1 rings (SSSR count). The number of rotatable bonds is 5. The third-order valence-corrected chi connectivity index (χ3v) is 2.44. The van der Waals surface area contributed by atoms with Gasteiger partial charge in [-0.1, -0.05) is 26.0 Å². The van der Waals surface area contributed by atoms with Crippen molar-refractivity contribution < 1.29 is 9.59 Å². The number of Topliss-reactive ketones (excluding diaryl/α,β-unsaturated/α-hetero) is 1. The number of carbonyl (C=O) groups excluding carboxylic acids is 2. The van der Waals surface area contributed by atoms with Crippen molar-refractivity contribution in [2.75, 3.05) is 5.32 Å². The van der Waals surface area contributed by atoms with Gasteiger partial charge in [0.15, 0.2) is 5.78 Å². The summed E-state index contributed by atoms with van der Waals surface area (Å²) in [6.45, 7) is 7.28. The van der Waals surface area contributed by atoms with Crippen molar-refractivity contribution in [3.63, 3.8) is 0 Å². The molecule has 0 aliphatic carbocycles. The molecule has 4 heteroatoms. The number of hydrogen-bond acceptors (Lipinski definition) is 3. The van der Waals surface area contributed by atoms with Gasteiger partial charge in [0.1, 0.15) is 0 Å². The molecule has 0 saturated heterocycles. The zero-order valence-corrected chi connectivity index (χ0v) is 11.3. The summed E-state index contributed by atoms with van der Waals surface area (Å²) in [6, 6.07) is 6.99. The summed E-state index contributed by atoms with van der Waals surface area (Å²) in [5, 5.41) is 5.83. The first-order valence-electron chi connectivity index (χ1n) is 6.08. The van der Waals surface area contributed by atoms with Gasteiger partial charge in [-0.25, -0.2) is 0 Å². The Morgan fingerprint density at radius 1 is 1.17 bits per heavy atom. The second-order valence-corrected chi connectivity index (χ2v) is 4.67. The molecule has 18 heavy (non-hydrogen) atoms. The summed E-state index contributed by atoms with van der Waals surface area (Å²) in [7, 11) is 0. The summed E-state index contributed by atoms with van der Waals surface area (Å²) in [4.78, 5) is 23.1. The van der Waals surface area contributed by atoms with E-state index in [9.17, 15) is 9.59 Å². The summed E-state index contributed by atoms with van der Waals surface area (Å²) in [6.07, 6.45) is 0. The van der Waals surface area contributed by atoms with E-state index in [4.69, 9.17) is 0 Å². The van der Waals surface area contributed by atoms with Gasteiger partial charge in [0, 0.05) is 24.2 Å². The van der Waals surface area contributed by atoms with Gasteiger partial charge in [-0.15, -0.1) is 0 Å². The molecule has 2 N–H and O–H groups in total. The maximum Gasteiger partial charge on any atom is 0.221 e. The lowest BCUT2D eigenvalue weighted by atomic mass is 10.0. The summed E-state index contributed by atoms with van der Waals surface area (Å²) in [5.74, 6) is -0.121. The number of amides is 1. The molecule has 98 valence electrons. The fourth-order valence-electron chi connectivity index (χ4n) is 1.78. The topological polar surface area (TPSA) is 58.2 Å². The molecule has 0 spiro atoms. The zero-order valence-electron chi connectivity index (χ0n) is 11.3. The molecule has 0 aromatic heterocycles. The predicted octanol–water partition coefficient (Wildman–Crippen LogP) is 2.21. The Balaban J connectivity index is 2.82. The number of hydrogen-bond donors (Lipinski definition) is 2. The molecule has 1 aromatic rings. The van der Waals surface area contributed by atoms with Crippen LogP contribution < -0.4 is 10.6 Å². The van der Waals surface area contributed by atoms with Crippen LogP contribution in [0.1, 0.15) is 38.1 Å². The van der Waals surface area contributed by atoms with E-state index in [1.165, 1.54) is 6.92 Å². The molecule has 1 atom stereocenters. The van der Waals surface area contributed by atoms with Crippen LogP contribution in [0.2, 0.25) is 0 Å². The van der Waals surface area contributed by atoms with Crippen LogP contribution in [0.15, 0.2) is 24.3 Å². The van der Waals surface area contributed by atoms with Crippen molar-refractivity contribution >= 4 is 17.4 Å². The van der Waals surface area contributed by atoms with Crippen LogP contribution in [0, 0.1) is 0 Å². The van der Waals surface area contributed by atoms with Gasteiger partial charge >= 0.3 is 0 Å². The molecule has 0 unspecified atom stereocenters. The van der Waals surface area contributed by atoms with Crippen molar-refractivity contribution in [3.05, 3.63) is 29.8 Å². The van der Waals surface area contributed by atoms with E-state index >= 15 is 0 Å². The number of carbonyl (C=O) groups is 2. The molecule has 0 saturated carbocycles. The maximum absolute atomic E-state index is 12.1. The number of nitrogens with one attached hydrogen (secondary N) is 2. The molecule has 4 nitrogen and oxygen atoms in total. The quantitative estimate of drug-likeness (QED) is 0.785. The van der Waals surface area contributed by atoms with Crippen LogP contribution in [-0.4, -0.2) is 23.8 Å². The van der Waals surface area contributed by atoms with Crippen molar-refractivity contribution in [3.8, 4) is 0 Å². The summed E-state index contributed by atoms with van der Waals surface area (Å²) < 4.78 is 0. The first-order chi connectivity index (χ1) is 8.40. The molecule has 1 amide bonds. The van der Waals surface area contributed by atoms with Crippen molar-refractivity contribution in [2.45, 2.75) is 39.8 Å². The third kappa shape index (κ3) is 4.30. The van der Waals surface area contributed by atoms with Crippen LogP contribution in [0.5, 0.6) is 0 Å². The number of anilines is 1. The standard InChI is InChI=1S/C14H20N2O2/c1-9(2)15-10(3)14(18)12-6-5-7-13(8-12)16-11(4)17/h5-10,15H,1-4H3,(H,16,17)/t10-/m1/s1. The van der Waals surface area contributed by atoms with Gasteiger partial charge in [-0.3, -0.25) is 9.59 Å². The zero-order chi connectivity index (χ0) is 13.7. The fraction of sp³-hybridized carbons (Fsp3) is 0.429. The minimum Gasteiger partial charge on any atom is -0.326 e. The lowest BCUT2D eigenvalue weighted by molar-refractivity contribution is -0.114. The monoisotopic (exact) mass is 248 g/mol. The minimum atomic E-state index is -0.238. The molecule has 0 radical (unpaired) electrons. The lowest BCUT2D eigenvalue weighted by Gasteiger charge is -2.16. The lowest BCUT2D eigenvalue weighted by Crippen LogP contribution is -2.38. The molecular formula is C14H20N2O2. The fourth-order valence-corrected chi connectivity index (χ4v) is 1.78. The average molecular weight is 248 g/mol. The van der Waals surface area contributed by atoms with Crippen molar-refractivity contribution in [1.82, 2.24) is 5.32 Å². The SMILES string of the molecule is CC(=O)Nc1cccc(C(=O)[C@@H](C)NC(C)C)c1. The Hall–Kier alpha value is -1.68. The molecule has 1 aromatic carbocycles. The van der Waals surface area contributed by atoms with E-state index in [2.05, 4.69) is 10.6 Å². The highest BCUT2D eigenvalue weighted by molar-refractivity contribution is 6.01. The van der Waals surface area contributed by atoms with Gasteiger partial charge in [-0.05, 0) is 19.1 Å². The molecule has 0 fully saturated rings. The molecule has 0 bridgehead atoms. The Labute approximate surface area is 108 Å². The Bertz CT molecular complexity index is 441. The average Bonchev–Trinajstić information content (AvgIpc) is 2.26. The van der Waals surface area contributed by atoms with Crippen LogP contribution >= 0.6 is 0 Å².